The summed E-state index contributed by atoms with van der Waals surface area (Å²) >= 11 is 0. The Morgan fingerprint density at radius 3 is 2.25 bits per heavy atom. The van der Waals surface area contributed by atoms with Gasteiger partial charge in [0.05, 0.1) is 19.2 Å². The first kappa shape index (κ1) is 17.0. The molecule has 0 radical (unpaired) electrons. The lowest BCUT2D eigenvalue weighted by molar-refractivity contribution is -0.148. The summed E-state index contributed by atoms with van der Waals surface area (Å²) < 4.78 is 4.99. The molecule has 5 nitrogen and oxygen atoms in total. The number of nitrogens with zero attached hydrogens (tertiary/aromatic N) is 2. The van der Waals surface area contributed by atoms with E-state index in [-0.39, 0.29) is 30.5 Å². The maximum Gasteiger partial charge on any atom is 0.320 e. The number of ether oxygens (including phenoxy) is 1. The number of rotatable bonds is 6. The normalized spacial score (nSPS) is 17.4. The van der Waals surface area contributed by atoms with Gasteiger partial charge < -0.3 is 9.64 Å². The lowest BCUT2D eigenvalue weighted by atomic mass is 10.1. The van der Waals surface area contributed by atoms with Crippen LogP contribution in [0.15, 0.2) is 0 Å². The van der Waals surface area contributed by atoms with E-state index in [4.69, 9.17) is 4.74 Å². The number of esters is 1. The van der Waals surface area contributed by atoms with Crippen molar-refractivity contribution in [1.82, 2.24) is 9.80 Å². The van der Waals surface area contributed by atoms with Crippen LogP contribution in [0.25, 0.3) is 0 Å². The highest BCUT2D eigenvalue weighted by Crippen LogP contribution is 2.14. The highest BCUT2D eigenvalue weighted by molar-refractivity contribution is 5.82. The highest BCUT2D eigenvalue weighted by Gasteiger charge is 2.29. The smallest absolute Gasteiger partial charge is 0.320 e. The van der Waals surface area contributed by atoms with Gasteiger partial charge >= 0.3 is 5.97 Å². The van der Waals surface area contributed by atoms with Crippen molar-refractivity contribution in [3.63, 3.8) is 0 Å². The van der Waals surface area contributed by atoms with Gasteiger partial charge in [-0.3, -0.25) is 14.5 Å². The van der Waals surface area contributed by atoms with Gasteiger partial charge in [-0.1, -0.05) is 0 Å². The Kier molecular flexibility index (Phi) is 6.99. The Morgan fingerprint density at radius 1 is 1.15 bits per heavy atom. The topological polar surface area (TPSA) is 49.9 Å². The van der Waals surface area contributed by atoms with E-state index in [9.17, 15) is 9.59 Å². The molecule has 20 heavy (non-hydrogen) atoms. The first-order valence-corrected chi connectivity index (χ1v) is 7.67. The molecular formula is C15H28N2O3. The van der Waals surface area contributed by atoms with E-state index >= 15 is 0 Å². The molecule has 116 valence electrons. The van der Waals surface area contributed by atoms with Crippen molar-refractivity contribution >= 4 is 11.9 Å². The highest BCUT2D eigenvalue weighted by atomic mass is 16.5. The molecule has 0 N–H and O–H groups in total. The van der Waals surface area contributed by atoms with Crippen LogP contribution < -0.4 is 0 Å². The fraction of sp³-hybridized carbons (Fsp3) is 0.867. The van der Waals surface area contributed by atoms with Crippen molar-refractivity contribution in [2.24, 2.45) is 0 Å². The van der Waals surface area contributed by atoms with Crippen LogP contribution in [0, 0.1) is 0 Å². The third-order valence-electron chi connectivity index (χ3n) is 3.80. The summed E-state index contributed by atoms with van der Waals surface area (Å²) in [4.78, 5) is 28.0. The van der Waals surface area contributed by atoms with Crippen LogP contribution in [0.3, 0.4) is 0 Å². The SMILES string of the molecule is CCOC(=O)CN(C(C)C)C(C)C(=O)N1CCCCC1. The summed E-state index contributed by atoms with van der Waals surface area (Å²) in [5.74, 6) is -0.137. The van der Waals surface area contributed by atoms with Gasteiger partial charge in [-0.25, -0.2) is 0 Å². The number of hydrogen-bond donors (Lipinski definition) is 0. The van der Waals surface area contributed by atoms with E-state index in [1.807, 2.05) is 30.6 Å². The van der Waals surface area contributed by atoms with Crippen LogP contribution >= 0.6 is 0 Å². The maximum atomic E-state index is 12.5. The molecule has 1 atom stereocenters. The summed E-state index contributed by atoms with van der Waals surface area (Å²) in [6.45, 7) is 9.91. The number of hydrogen-bond acceptors (Lipinski definition) is 4. The van der Waals surface area contributed by atoms with Crippen LogP contribution in [0.5, 0.6) is 0 Å². The minimum atomic E-state index is -0.280. The quantitative estimate of drug-likeness (QED) is 0.696. The first-order valence-electron chi connectivity index (χ1n) is 7.67. The molecule has 5 heteroatoms. The Bertz CT molecular complexity index is 325. The van der Waals surface area contributed by atoms with Gasteiger partial charge in [0.1, 0.15) is 0 Å². The number of amides is 1. The molecular weight excluding hydrogens is 256 g/mol. The number of carbonyl (C=O) groups excluding carboxylic acids is 2. The molecule has 1 heterocycles. The fourth-order valence-corrected chi connectivity index (χ4v) is 2.64. The van der Waals surface area contributed by atoms with Crippen LogP contribution in [-0.4, -0.2) is 60.0 Å². The minimum Gasteiger partial charge on any atom is -0.465 e. The monoisotopic (exact) mass is 284 g/mol. The molecule has 0 aromatic heterocycles. The molecule has 1 aliphatic rings. The maximum absolute atomic E-state index is 12.5. The van der Waals surface area contributed by atoms with E-state index in [1.165, 1.54) is 6.42 Å². The fourth-order valence-electron chi connectivity index (χ4n) is 2.64. The van der Waals surface area contributed by atoms with Gasteiger partial charge in [-0.2, -0.15) is 0 Å². The second-order valence-corrected chi connectivity index (χ2v) is 5.63. The molecule has 0 bridgehead atoms. The van der Waals surface area contributed by atoms with E-state index in [2.05, 4.69) is 0 Å². The zero-order valence-corrected chi connectivity index (χ0v) is 13.2. The van der Waals surface area contributed by atoms with Gasteiger partial charge in [0, 0.05) is 19.1 Å². The molecule has 1 aliphatic heterocycles. The summed E-state index contributed by atoms with van der Waals surface area (Å²) in [6, 6.07) is -0.152. The summed E-state index contributed by atoms with van der Waals surface area (Å²) in [5.41, 5.74) is 0. The molecule has 0 spiro atoms. The summed E-state index contributed by atoms with van der Waals surface area (Å²) in [6.07, 6.45) is 3.37. The molecule has 1 fully saturated rings. The van der Waals surface area contributed by atoms with Crippen LogP contribution in [-0.2, 0) is 14.3 Å². The molecule has 0 aromatic carbocycles. The van der Waals surface area contributed by atoms with Gasteiger partial charge in [0.2, 0.25) is 5.91 Å². The van der Waals surface area contributed by atoms with Crippen LogP contribution in [0.4, 0.5) is 0 Å². The molecule has 0 saturated carbocycles. The second kappa shape index (κ2) is 8.25. The van der Waals surface area contributed by atoms with Crippen LogP contribution in [0.2, 0.25) is 0 Å². The van der Waals surface area contributed by atoms with Gasteiger partial charge in [-0.15, -0.1) is 0 Å². The number of piperidine rings is 1. The van der Waals surface area contributed by atoms with Gasteiger partial charge in [0.15, 0.2) is 0 Å². The Balaban J connectivity index is 2.64. The zero-order valence-electron chi connectivity index (χ0n) is 13.2. The predicted molar refractivity (Wildman–Crippen MR) is 78.4 cm³/mol. The Hall–Kier alpha value is -1.10. The van der Waals surface area contributed by atoms with Crippen molar-refractivity contribution in [1.29, 1.82) is 0 Å². The van der Waals surface area contributed by atoms with Crippen molar-refractivity contribution in [3.05, 3.63) is 0 Å². The van der Waals surface area contributed by atoms with Crippen LogP contribution in [0.1, 0.15) is 47.0 Å². The number of carbonyl (C=O) groups is 2. The zero-order chi connectivity index (χ0) is 15.1. The average Bonchev–Trinajstić information content (AvgIpc) is 2.44. The largest absolute Gasteiger partial charge is 0.465 e. The molecule has 1 amide bonds. The predicted octanol–water partition coefficient (Wildman–Crippen LogP) is 1.66. The third kappa shape index (κ3) is 4.78. The van der Waals surface area contributed by atoms with Gasteiger partial charge in [0.25, 0.3) is 0 Å². The van der Waals surface area contributed by atoms with E-state index in [1.54, 1.807) is 6.92 Å². The lowest BCUT2D eigenvalue weighted by Crippen LogP contribution is -2.52. The standard InChI is InChI=1S/C15H28N2O3/c1-5-20-14(18)11-17(12(2)3)13(4)15(19)16-9-7-6-8-10-16/h12-13H,5-11H2,1-4H3. The van der Waals surface area contributed by atoms with Crippen molar-refractivity contribution < 1.29 is 14.3 Å². The molecule has 0 aliphatic carbocycles. The average molecular weight is 284 g/mol. The minimum absolute atomic E-state index is 0.127. The van der Waals surface area contributed by atoms with Crippen molar-refractivity contribution in [3.8, 4) is 0 Å². The van der Waals surface area contributed by atoms with E-state index in [0.29, 0.717) is 6.61 Å². The van der Waals surface area contributed by atoms with E-state index < -0.39 is 0 Å². The molecule has 1 rings (SSSR count). The van der Waals surface area contributed by atoms with E-state index in [0.717, 1.165) is 25.9 Å². The van der Waals surface area contributed by atoms with Crippen molar-refractivity contribution in [2.45, 2.75) is 59.0 Å². The summed E-state index contributed by atoms with van der Waals surface area (Å²) in [7, 11) is 0. The van der Waals surface area contributed by atoms with Crippen molar-refractivity contribution in [2.75, 3.05) is 26.2 Å². The molecule has 0 aromatic rings. The first-order chi connectivity index (χ1) is 9.47. The lowest BCUT2D eigenvalue weighted by Gasteiger charge is -2.36. The van der Waals surface area contributed by atoms with Gasteiger partial charge in [-0.05, 0) is 47.0 Å². The Labute approximate surface area is 122 Å². The number of likely N-dealkylation sites (tertiary alicyclic amines) is 1. The molecule has 1 unspecified atom stereocenters. The second-order valence-electron chi connectivity index (χ2n) is 5.63. The third-order valence-corrected chi connectivity index (χ3v) is 3.80. The summed E-state index contributed by atoms with van der Waals surface area (Å²) in [5, 5.41) is 0. The molecule has 1 saturated heterocycles. The Morgan fingerprint density at radius 2 is 1.75 bits per heavy atom.